The van der Waals surface area contributed by atoms with Crippen LogP contribution in [-0.4, -0.2) is 53.0 Å². The summed E-state index contributed by atoms with van der Waals surface area (Å²) in [6.07, 6.45) is 0. The van der Waals surface area contributed by atoms with E-state index in [-0.39, 0.29) is 11.9 Å². The van der Waals surface area contributed by atoms with Crippen molar-refractivity contribution >= 4 is 22.6 Å². The highest BCUT2D eigenvalue weighted by molar-refractivity contribution is 5.85. The molecule has 24 heavy (non-hydrogen) atoms. The highest BCUT2D eigenvalue weighted by Crippen LogP contribution is 2.26. The predicted octanol–water partition coefficient (Wildman–Crippen LogP) is 2.20. The van der Waals surface area contributed by atoms with Crippen LogP contribution in [0.4, 0.5) is 0 Å². The molecule has 1 amide bonds. The van der Waals surface area contributed by atoms with Gasteiger partial charge in [0.1, 0.15) is 0 Å². The number of carbonyl (C=O) groups is 2. The van der Waals surface area contributed by atoms with Crippen molar-refractivity contribution in [2.24, 2.45) is 5.92 Å². The van der Waals surface area contributed by atoms with Crippen LogP contribution in [0.3, 0.4) is 0 Å². The number of rotatable bonds is 4. The summed E-state index contributed by atoms with van der Waals surface area (Å²) in [7, 11) is 1.68. The van der Waals surface area contributed by atoms with Crippen LogP contribution in [0.15, 0.2) is 42.5 Å². The van der Waals surface area contributed by atoms with Crippen LogP contribution < -0.4 is 0 Å². The lowest BCUT2D eigenvalue weighted by molar-refractivity contribution is -0.144. The molecule has 0 saturated carbocycles. The molecule has 0 unspecified atom stereocenters. The van der Waals surface area contributed by atoms with E-state index >= 15 is 0 Å². The Morgan fingerprint density at radius 2 is 1.88 bits per heavy atom. The maximum atomic E-state index is 11.7. The van der Waals surface area contributed by atoms with E-state index in [2.05, 4.69) is 29.2 Å². The van der Waals surface area contributed by atoms with E-state index in [0.29, 0.717) is 19.6 Å². The topological polar surface area (TPSA) is 60.9 Å². The zero-order chi connectivity index (χ0) is 17.3. The monoisotopic (exact) mass is 326 g/mol. The molecule has 0 aliphatic carbocycles. The van der Waals surface area contributed by atoms with E-state index in [1.54, 1.807) is 11.9 Å². The molecular formula is C19H22N2O3. The van der Waals surface area contributed by atoms with Crippen molar-refractivity contribution in [1.29, 1.82) is 0 Å². The molecule has 1 aliphatic rings. The number of likely N-dealkylation sites (N-methyl/N-ethyl adjacent to an activating group) is 1. The van der Waals surface area contributed by atoms with Gasteiger partial charge in [-0.1, -0.05) is 42.5 Å². The van der Waals surface area contributed by atoms with E-state index < -0.39 is 11.9 Å². The average Bonchev–Trinajstić information content (AvgIpc) is 2.98. The molecule has 5 heteroatoms. The predicted molar refractivity (Wildman–Crippen MR) is 92.6 cm³/mol. The number of hydrogen-bond acceptors (Lipinski definition) is 3. The van der Waals surface area contributed by atoms with Crippen LogP contribution in [-0.2, 0) is 16.1 Å². The van der Waals surface area contributed by atoms with Crippen molar-refractivity contribution in [1.82, 2.24) is 9.80 Å². The van der Waals surface area contributed by atoms with Gasteiger partial charge in [-0.3, -0.25) is 14.5 Å². The number of aliphatic carboxylic acids is 1. The number of amides is 1. The average molecular weight is 326 g/mol. The SMILES string of the molecule is CC(=O)N(C)[C@H]1CN(Cc2cccc3ccccc23)C[C@H]1C(=O)O. The smallest absolute Gasteiger partial charge is 0.309 e. The molecule has 2 atom stereocenters. The zero-order valence-electron chi connectivity index (χ0n) is 14.0. The molecule has 5 nitrogen and oxygen atoms in total. The maximum Gasteiger partial charge on any atom is 0.309 e. The number of carboxylic acids is 1. The lowest BCUT2D eigenvalue weighted by atomic mass is 10.0. The second-order valence-electron chi connectivity index (χ2n) is 6.47. The Labute approximate surface area is 141 Å². The van der Waals surface area contributed by atoms with Gasteiger partial charge < -0.3 is 10.0 Å². The molecule has 3 rings (SSSR count). The third-order valence-electron chi connectivity index (χ3n) is 4.95. The van der Waals surface area contributed by atoms with Gasteiger partial charge in [0, 0.05) is 33.6 Å². The Hall–Kier alpha value is -2.40. The molecule has 2 aromatic carbocycles. The van der Waals surface area contributed by atoms with Crippen molar-refractivity contribution in [2.45, 2.75) is 19.5 Å². The number of likely N-dealkylation sites (tertiary alicyclic amines) is 1. The number of carbonyl (C=O) groups excluding carboxylic acids is 1. The largest absolute Gasteiger partial charge is 0.481 e. The van der Waals surface area contributed by atoms with Gasteiger partial charge in [0.15, 0.2) is 0 Å². The van der Waals surface area contributed by atoms with E-state index in [4.69, 9.17) is 0 Å². The van der Waals surface area contributed by atoms with Gasteiger partial charge in [-0.2, -0.15) is 0 Å². The summed E-state index contributed by atoms with van der Waals surface area (Å²) in [4.78, 5) is 26.9. The van der Waals surface area contributed by atoms with E-state index in [1.807, 2.05) is 18.2 Å². The van der Waals surface area contributed by atoms with Crippen molar-refractivity contribution in [2.75, 3.05) is 20.1 Å². The van der Waals surface area contributed by atoms with Crippen LogP contribution >= 0.6 is 0 Å². The molecule has 1 N–H and O–H groups in total. The summed E-state index contributed by atoms with van der Waals surface area (Å²) in [5.41, 5.74) is 1.18. The van der Waals surface area contributed by atoms with E-state index in [0.717, 1.165) is 0 Å². The van der Waals surface area contributed by atoms with Gasteiger partial charge in [-0.05, 0) is 16.3 Å². The molecule has 0 aromatic heterocycles. The Morgan fingerprint density at radius 3 is 2.58 bits per heavy atom. The van der Waals surface area contributed by atoms with Crippen LogP contribution in [0, 0.1) is 5.92 Å². The van der Waals surface area contributed by atoms with Crippen molar-refractivity contribution in [3.63, 3.8) is 0 Å². The quantitative estimate of drug-likeness (QED) is 0.936. The first-order valence-corrected chi connectivity index (χ1v) is 8.12. The lowest BCUT2D eigenvalue weighted by Crippen LogP contribution is -2.43. The van der Waals surface area contributed by atoms with Gasteiger partial charge in [0.2, 0.25) is 5.91 Å². The first-order chi connectivity index (χ1) is 11.5. The van der Waals surface area contributed by atoms with E-state index in [1.165, 1.54) is 23.3 Å². The normalized spacial score (nSPS) is 21.1. The third-order valence-corrected chi connectivity index (χ3v) is 4.95. The summed E-state index contributed by atoms with van der Waals surface area (Å²) in [6, 6.07) is 14.1. The highest BCUT2D eigenvalue weighted by atomic mass is 16.4. The first kappa shape index (κ1) is 16.5. The second kappa shape index (κ2) is 6.61. The Morgan fingerprint density at radius 1 is 1.17 bits per heavy atom. The van der Waals surface area contributed by atoms with Gasteiger partial charge >= 0.3 is 5.97 Å². The molecule has 1 fully saturated rings. The van der Waals surface area contributed by atoms with E-state index in [9.17, 15) is 14.7 Å². The summed E-state index contributed by atoms with van der Waals surface area (Å²) in [5.74, 6) is -1.49. The van der Waals surface area contributed by atoms with Gasteiger partial charge in [0.05, 0.1) is 12.0 Å². The second-order valence-corrected chi connectivity index (χ2v) is 6.47. The molecule has 1 heterocycles. The molecular weight excluding hydrogens is 304 g/mol. The summed E-state index contributed by atoms with van der Waals surface area (Å²) in [6.45, 7) is 3.21. The molecule has 0 bridgehead atoms. The molecule has 1 saturated heterocycles. The summed E-state index contributed by atoms with van der Waals surface area (Å²) < 4.78 is 0. The van der Waals surface area contributed by atoms with Gasteiger partial charge in [-0.15, -0.1) is 0 Å². The number of benzene rings is 2. The molecule has 126 valence electrons. The molecule has 0 spiro atoms. The minimum Gasteiger partial charge on any atom is -0.481 e. The summed E-state index contributed by atoms with van der Waals surface area (Å²) >= 11 is 0. The number of carboxylic acid groups (broad SMARTS) is 1. The first-order valence-electron chi connectivity index (χ1n) is 8.12. The number of fused-ring (bicyclic) bond motifs is 1. The van der Waals surface area contributed by atoms with Gasteiger partial charge in [0.25, 0.3) is 0 Å². The Bertz CT molecular complexity index is 769. The standard InChI is InChI=1S/C19H22N2O3/c1-13(22)20(2)18-12-21(11-17(18)19(23)24)10-15-8-5-7-14-6-3-4-9-16(14)15/h3-9,17-18H,10-12H2,1-2H3,(H,23,24)/t17-,18+/m1/s1. The highest BCUT2D eigenvalue weighted by Gasteiger charge is 2.40. The minimum absolute atomic E-state index is 0.0988. The van der Waals surface area contributed by atoms with Crippen molar-refractivity contribution < 1.29 is 14.7 Å². The van der Waals surface area contributed by atoms with Crippen molar-refractivity contribution in [3.05, 3.63) is 48.0 Å². The number of hydrogen-bond donors (Lipinski definition) is 1. The fourth-order valence-electron chi connectivity index (χ4n) is 3.54. The molecule has 2 aromatic rings. The maximum absolute atomic E-state index is 11.7. The van der Waals surface area contributed by atoms with Crippen LogP contribution in [0.25, 0.3) is 10.8 Å². The molecule has 1 aliphatic heterocycles. The Balaban J connectivity index is 1.83. The van der Waals surface area contributed by atoms with Crippen LogP contribution in [0.5, 0.6) is 0 Å². The van der Waals surface area contributed by atoms with Gasteiger partial charge in [-0.25, -0.2) is 0 Å². The zero-order valence-corrected chi connectivity index (χ0v) is 14.0. The summed E-state index contributed by atoms with van der Waals surface area (Å²) in [5, 5.41) is 11.9. The van der Waals surface area contributed by atoms with Crippen LogP contribution in [0.1, 0.15) is 12.5 Å². The number of nitrogens with zero attached hydrogens (tertiary/aromatic N) is 2. The van der Waals surface area contributed by atoms with Crippen LogP contribution in [0.2, 0.25) is 0 Å². The Kier molecular flexibility index (Phi) is 4.53. The fraction of sp³-hybridized carbons (Fsp3) is 0.368. The fourth-order valence-corrected chi connectivity index (χ4v) is 3.54. The molecule has 0 radical (unpaired) electrons. The third kappa shape index (κ3) is 3.12. The van der Waals surface area contributed by atoms with Crippen molar-refractivity contribution in [3.8, 4) is 0 Å². The minimum atomic E-state index is -0.839. The lowest BCUT2D eigenvalue weighted by Gasteiger charge is -2.26.